The van der Waals surface area contributed by atoms with Crippen molar-refractivity contribution in [2.24, 2.45) is 0 Å². The van der Waals surface area contributed by atoms with Gasteiger partial charge in [0.1, 0.15) is 18.8 Å². The summed E-state index contributed by atoms with van der Waals surface area (Å²) in [6, 6.07) is 6.62. The van der Waals surface area contributed by atoms with Gasteiger partial charge in [0.25, 0.3) is 0 Å². The maximum Gasteiger partial charge on any atom is 0.628 e. The average Bonchev–Trinajstić information content (AvgIpc) is 2.87. The Morgan fingerprint density at radius 3 is 1.88 bits per heavy atom. The molecule has 226 valence electrons. The minimum atomic E-state index is -1.29. The van der Waals surface area contributed by atoms with Gasteiger partial charge in [-0.15, -0.1) is 0 Å². The van der Waals surface area contributed by atoms with Crippen molar-refractivity contribution < 1.29 is 61.8 Å². The van der Waals surface area contributed by atoms with Crippen molar-refractivity contribution in [3.05, 3.63) is 41.4 Å². The summed E-state index contributed by atoms with van der Waals surface area (Å²) in [4.78, 5) is 72.9. The van der Waals surface area contributed by atoms with E-state index in [4.69, 9.17) is 33.0 Å². The second-order valence-corrected chi connectivity index (χ2v) is 9.67. The third kappa shape index (κ3) is 9.41. The number of esters is 4. The molecule has 5 atom stereocenters. The molecule has 1 aromatic rings. The first-order chi connectivity index (χ1) is 19.8. The Balaban J connectivity index is 1.90. The molecule has 2 saturated heterocycles. The van der Waals surface area contributed by atoms with Crippen molar-refractivity contribution >= 4 is 49.0 Å². The van der Waals surface area contributed by atoms with Crippen LogP contribution in [-0.4, -0.2) is 99.0 Å². The smallest absolute Gasteiger partial charge is 0.495 e. The zero-order valence-corrected chi connectivity index (χ0v) is 23.8. The molecule has 2 aliphatic heterocycles. The molecule has 0 spiro atoms. The Bertz CT molecular complexity index is 1200. The third-order valence-electron chi connectivity index (χ3n) is 5.99. The molecule has 42 heavy (non-hydrogen) atoms. The monoisotopic (exact) mass is 589 g/mol. The van der Waals surface area contributed by atoms with Crippen LogP contribution in [0.2, 0.25) is 0 Å². The molecule has 0 aliphatic carbocycles. The lowest BCUT2D eigenvalue weighted by atomic mass is 9.87. The molecule has 0 bridgehead atoms. The summed E-state index contributed by atoms with van der Waals surface area (Å²) in [6.45, 7) is 4.16. The van der Waals surface area contributed by atoms with Gasteiger partial charge in [-0.25, -0.2) is 0 Å². The molecule has 0 radical (unpaired) electrons. The Kier molecular flexibility index (Phi) is 11.2. The molecule has 14 nitrogen and oxygen atoms in total. The molecule has 0 unspecified atom stereocenters. The van der Waals surface area contributed by atoms with E-state index in [-0.39, 0.29) is 19.7 Å². The van der Waals surface area contributed by atoms with Gasteiger partial charge in [-0.1, -0.05) is 30.3 Å². The maximum absolute atomic E-state index is 12.1. The standard InChI is InChI=1S/C27H32BNO13/c1-15(30)36-14-21-25(37-16(2)31)27(39-18(4)33)26(38-17(3)32)24(40-21)20-8-6-19(7-9-20)10-11-28-41-22(34)12-29(5)13-23(35)42-28/h6-11,21,24-27H,12-14H2,1-5H3/t21-,24-,25-,26-,27-/m1/s1. The fourth-order valence-electron chi connectivity index (χ4n) is 4.42. The Morgan fingerprint density at radius 1 is 0.833 bits per heavy atom. The normalized spacial score (nSPS) is 25.0. The van der Waals surface area contributed by atoms with Crippen LogP contribution in [0, 0.1) is 0 Å². The Labute approximate surface area is 242 Å². The molecule has 2 aliphatic rings. The molecule has 2 heterocycles. The lowest BCUT2D eigenvalue weighted by Gasteiger charge is -2.44. The van der Waals surface area contributed by atoms with E-state index in [1.54, 1.807) is 37.4 Å². The number of nitrogens with zero attached hydrogens (tertiary/aromatic N) is 1. The highest BCUT2D eigenvalue weighted by Crippen LogP contribution is 2.37. The van der Waals surface area contributed by atoms with Crippen LogP contribution in [0.15, 0.2) is 30.2 Å². The van der Waals surface area contributed by atoms with Crippen LogP contribution in [0.25, 0.3) is 6.08 Å². The van der Waals surface area contributed by atoms with Crippen molar-refractivity contribution in [2.75, 3.05) is 26.7 Å². The molecule has 1 aromatic carbocycles. The summed E-state index contributed by atoms with van der Waals surface area (Å²) in [5.74, 6) is -2.49. The van der Waals surface area contributed by atoms with E-state index in [1.165, 1.54) is 17.8 Å². The van der Waals surface area contributed by atoms with Gasteiger partial charge in [0, 0.05) is 27.7 Å². The first-order valence-corrected chi connectivity index (χ1v) is 13.0. The summed E-state index contributed by atoms with van der Waals surface area (Å²) in [7, 11) is 0.379. The number of hydrogen-bond acceptors (Lipinski definition) is 14. The van der Waals surface area contributed by atoms with Crippen molar-refractivity contribution in [1.82, 2.24) is 4.90 Å². The van der Waals surface area contributed by atoms with E-state index >= 15 is 0 Å². The molecule has 0 amide bonds. The number of ether oxygens (including phenoxy) is 5. The highest BCUT2D eigenvalue weighted by molar-refractivity contribution is 6.55. The summed E-state index contributed by atoms with van der Waals surface area (Å²) >= 11 is 0. The van der Waals surface area contributed by atoms with Gasteiger partial charge in [0.2, 0.25) is 0 Å². The largest absolute Gasteiger partial charge is 0.628 e. The van der Waals surface area contributed by atoms with Crippen molar-refractivity contribution in [2.45, 2.75) is 58.2 Å². The minimum Gasteiger partial charge on any atom is -0.495 e. The number of carbonyl (C=O) groups excluding carboxylic acids is 6. The molecule has 0 aromatic heterocycles. The van der Waals surface area contributed by atoms with E-state index in [0.717, 1.165) is 20.8 Å². The van der Waals surface area contributed by atoms with E-state index in [0.29, 0.717) is 11.1 Å². The summed E-state index contributed by atoms with van der Waals surface area (Å²) in [6.07, 6.45) is -4.33. The molecule has 3 rings (SSSR count). The van der Waals surface area contributed by atoms with E-state index in [9.17, 15) is 28.8 Å². The first-order valence-electron chi connectivity index (χ1n) is 13.0. The molecule has 0 saturated carbocycles. The summed E-state index contributed by atoms with van der Waals surface area (Å²) in [5.41, 5.74) is 1.10. The van der Waals surface area contributed by atoms with E-state index < -0.39 is 73.5 Å². The highest BCUT2D eigenvalue weighted by atomic mass is 16.7. The van der Waals surface area contributed by atoms with Crippen molar-refractivity contribution in [3.8, 4) is 0 Å². The van der Waals surface area contributed by atoms with Gasteiger partial charge in [-0.3, -0.25) is 33.7 Å². The molecule has 2 fully saturated rings. The molecular weight excluding hydrogens is 557 g/mol. The van der Waals surface area contributed by atoms with Crippen molar-refractivity contribution in [3.63, 3.8) is 0 Å². The van der Waals surface area contributed by atoms with Crippen LogP contribution in [0.5, 0.6) is 0 Å². The number of rotatable bonds is 8. The molecule has 0 N–H and O–H groups in total. The summed E-state index contributed by atoms with van der Waals surface area (Å²) in [5, 5.41) is 0. The fourth-order valence-corrected chi connectivity index (χ4v) is 4.42. The maximum atomic E-state index is 12.1. The topological polar surface area (TPSA) is 170 Å². The number of likely N-dealkylation sites (N-methyl/N-ethyl adjacent to an activating group) is 1. The van der Waals surface area contributed by atoms with Crippen LogP contribution in [0.3, 0.4) is 0 Å². The fraction of sp³-hybridized carbons (Fsp3) is 0.481. The van der Waals surface area contributed by atoms with Crippen molar-refractivity contribution in [1.29, 1.82) is 0 Å². The highest BCUT2D eigenvalue weighted by Gasteiger charge is 2.52. The van der Waals surface area contributed by atoms with Gasteiger partial charge in [-0.2, -0.15) is 0 Å². The predicted octanol–water partition coefficient (Wildman–Crippen LogP) is 0.557. The Hall–Kier alpha value is -4.24. The minimum absolute atomic E-state index is 0.0654. The SMILES string of the molecule is CC(=O)OC[C@H]1O[C@H](c2ccc(C=CB3OC(=O)CN(C)CC(=O)O3)cc2)[C@@H](OC(C)=O)[C@H](OC(C)=O)[C@@H]1OC(C)=O. The zero-order chi connectivity index (χ0) is 31.0. The number of benzene rings is 1. The lowest BCUT2D eigenvalue weighted by Crippen LogP contribution is -2.59. The van der Waals surface area contributed by atoms with Gasteiger partial charge in [0.05, 0.1) is 13.1 Å². The van der Waals surface area contributed by atoms with Crippen LogP contribution in [0.4, 0.5) is 0 Å². The molecular formula is C27H32BNO13. The summed E-state index contributed by atoms with van der Waals surface area (Å²) < 4.78 is 38.0. The van der Waals surface area contributed by atoms with Gasteiger partial charge in [0.15, 0.2) is 18.3 Å². The number of hydrogen-bond donors (Lipinski definition) is 0. The second-order valence-electron chi connectivity index (χ2n) is 9.67. The van der Waals surface area contributed by atoms with Gasteiger partial charge in [-0.05, 0) is 24.1 Å². The van der Waals surface area contributed by atoms with Crippen LogP contribution in [-0.2, 0) is 61.8 Å². The van der Waals surface area contributed by atoms with Crippen LogP contribution >= 0.6 is 0 Å². The predicted molar refractivity (Wildman–Crippen MR) is 142 cm³/mol. The molecule has 15 heteroatoms. The van der Waals surface area contributed by atoms with Crippen LogP contribution < -0.4 is 0 Å². The van der Waals surface area contributed by atoms with E-state index in [2.05, 4.69) is 0 Å². The van der Waals surface area contributed by atoms with E-state index in [1.807, 2.05) is 0 Å². The average molecular weight is 589 g/mol. The Morgan fingerprint density at radius 2 is 1.36 bits per heavy atom. The van der Waals surface area contributed by atoms with Gasteiger partial charge >= 0.3 is 42.9 Å². The first kappa shape index (κ1) is 32.3. The lowest BCUT2D eigenvalue weighted by molar-refractivity contribution is -0.254. The number of carbonyl (C=O) groups is 6. The van der Waals surface area contributed by atoms with Gasteiger partial charge < -0.3 is 33.0 Å². The second kappa shape index (κ2) is 14.6. The third-order valence-corrected chi connectivity index (χ3v) is 5.99. The van der Waals surface area contributed by atoms with Crippen LogP contribution in [0.1, 0.15) is 44.9 Å². The zero-order valence-electron chi connectivity index (χ0n) is 23.8. The quantitative estimate of drug-likeness (QED) is 0.234.